The minimum atomic E-state index is -0.770. The van der Waals surface area contributed by atoms with Crippen LogP contribution in [0.25, 0.3) is 11.3 Å². The van der Waals surface area contributed by atoms with Crippen LogP contribution in [0.4, 0.5) is 0 Å². The molecule has 1 aromatic heterocycles. The number of rotatable bonds is 3. The lowest BCUT2D eigenvalue weighted by molar-refractivity contribution is 0.107. The molecule has 0 unspecified atom stereocenters. The lowest BCUT2D eigenvalue weighted by Crippen LogP contribution is -2.25. The molecule has 2 rings (SSSR count). The van der Waals surface area contributed by atoms with E-state index in [9.17, 15) is 9.59 Å². The second-order valence-corrected chi connectivity index (χ2v) is 5.27. The second-order valence-electron chi connectivity index (χ2n) is 4.92. The summed E-state index contributed by atoms with van der Waals surface area (Å²) in [5.41, 5.74) is 2.04. The monoisotopic (exact) mass is 290 g/mol. The molecule has 0 saturated carbocycles. The predicted octanol–water partition coefficient (Wildman–Crippen LogP) is 2.95. The summed E-state index contributed by atoms with van der Waals surface area (Å²) in [5.74, 6) is 0.442. The molecule has 20 heavy (non-hydrogen) atoms. The van der Waals surface area contributed by atoms with Gasteiger partial charge in [-0.3, -0.25) is 9.59 Å². The molecule has 0 N–H and O–H groups in total. The van der Waals surface area contributed by atoms with Gasteiger partial charge in [-0.25, -0.2) is 4.68 Å². The van der Waals surface area contributed by atoms with Gasteiger partial charge >= 0.3 is 0 Å². The van der Waals surface area contributed by atoms with Gasteiger partial charge in [0.15, 0.2) is 0 Å². The predicted molar refractivity (Wildman–Crippen MR) is 79.2 cm³/mol. The van der Waals surface area contributed by atoms with E-state index in [0.717, 1.165) is 10.2 Å². The van der Waals surface area contributed by atoms with Gasteiger partial charge in [0.2, 0.25) is 0 Å². The highest BCUT2D eigenvalue weighted by atomic mass is 35.5. The van der Waals surface area contributed by atoms with Crippen molar-refractivity contribution in [1.29, 1.82) is 0 Å². The quantitative estimate of drug-likeness (QED) is 0.817. The number of hydrogen-bond donors (Lipinski definition) is 0. The third-order valence-electron chi connectivity index (χ3n) is 3.15. The highest BCUT2D eigenvalue weighted by molar-refractivity contribution is 6.67. The number of carbonyl (C=O) groups is 1. The molecule has 0 saturated heterocycles. The van der Waals surface area contributed by atoms with E-state index in [4.69, 9.17) is 11.6 Å². The smallest absolute Gasteiger partial charge is 0.275 e. The van der Waals surface area contributed by atoms with E-state index in [1.807, 2.05) is 24.3 Å². The van der Waals surface area contributed by atoms with E-state index in [-0.39, 0.29) is 5.56 Å². The second kappa shape index (κ2) is 5.59. The Labute approximate surface area is 122 Å². The SMILES string of the molecule is CC(C)c1ccc(-c2cc(C(=O)Cl)c(=O)n(C)n2)cc1. The van der Waals surface area contributed by atoms with Crippen LogP contribution in [0.5, 0.6) is 0 Å². The van der Waals surface area contributed by atoms with Crippen LogP contribution in [0.1, 0.15) is 35.7 Å². The van der Waals surface area contributed by atoms with Crippen LogP contribution < -0.4 is 5.56 Å². The number of halogens is 1. The van der Waals surface area contributed by atoms with E-state index in [1.165, 1.54) is 18.7 Å². The average Bonchev–Trinajstić information content (AvgIpc) is 2.41. The summed E-state index contributed by atoms with van der Waals surface area (Å²) in [4.78, 5) is 23.0. The van der Waals surface area contributed by atoms with Gasteiger partial charge in [-0.05, 0) is 29.1 Å². The molecule has 0 atom stereocenters. The molecule has 0 spiro atoms. The van der Waals surface area contributed by atoms with E-state index < -0.39 is 10.8 Å². The summed E-state index contributed by atoms with van der Waals surface area (Å²) < 4.78 is 1.13. The molecule has 0 fully saturated rings. The van der Waals surface area contributed by atoms with Crippen molar-refractivity contribution in [2.75, 3.05) is 0 Å². The maximum absolute atomic E-state index is 11.7. The largest absolute Gasteiger partial charge is 0.278 e. The first kappa shape index (κ1) is 14.5. The highest BCUT2D eigenvalue weighted by Crippen LogP contribution is 2.21. The van der Waals surface area contributed by atoms with Crippen molar-refractivity contribution >= 4 is 16.8 Å². The van der Waals surface area contributed by atoms with Crippen LogP contribution in [0.3, 0.4) is 0 Å². The Hall–Kier alpha value is -1.94. The Morgan fingerprint density at radius 2 is 1.85 bits per heavy atom. The van der Waals surface area contributed by atoms with Gasteiger partial charge in [-0.2, -0.15) is 5.10 Å². The zero-order valence-electron chi connectivity index (χ0n) is 11.6. The molecule has 104 valence electrons. The molecule has 4 nitrogen and oxygen atoms in total. The Morgan fingerprint density at radius 3 is 2.35 bits per heavy atom. The van der Waals surface area contributed by atoms with Crippen molar-refractivity contribution in [3.8, 4) is 11.3 Å². The van der Waals surface area contributed by atoms with Gasteiger partial charge in [0.05, 0.1) is 5.69 Å². The molecule has 0 aliphatic heterocycles. The van der Waals surface area contributed by atoms with E-state index in [2.05, 4.69) is 18.9 Å². The zero-order valence-corrected chi connectivity index (χ0v) is 12.3. The normalized spacial score (nSPS) is 10.8. The van der Waals surface area contributed by atoms with Crippen molar-refractivity contribution in [1.82, 2.24) is 9.78 Å². The van der Waals surface area contributed by atoms with Crippen LogP contribution in [0.2, 0.25) is 0 Å². The Morgan fingerprint density at radius 1 is 1.25 bits per heavy atom. The molecule has 0 bridgehead atoms. The van der Waals surface area contributed by atoms with Crippen molar-refractivity contribution in [3.05, 3.63) is 51.8 Å². The molecule has 0 amide bonds. The highest BCUT2D eigenvalue weighted by Gasteiger charge is 2.13. The fourth-order valence-corrected chi connectivity index (χ4v) is 2.06. The number of carbonyl (C=O) groups excluding carboxylic acids is 1. The summed E-state index contributed by atoms with van der Waals surface area (Å²) in [5, 5.41) is 3.38. The first-order valence-corrected chi connectivity index (χ1v) is 6.66. The van der Waals surface area contributed by atoms with Crippen molar-refractivity contribution in [2.45, 2.75) is 19.8 Å². The van der Waals surface area contributed by atoms with Crippen molar-refractivity contribution < 1.29 is 4.79 Å². The minimum Gasteiger partial charge on any atom is -0.275 e. The zero-order chi connectivity index (χ0) is 14.9. The van der Waals surface area contributed by atoms with Crippen LogP contribution in [0.15, 0.2) is 35.1 Å². The van der Waals surface area contributed by atoms with Gasteiger partial charge in [-0.15, -0.1) is 0 Å². The maximum Gasteiger partial charge on any atom is 0.278 e. The molecule has 5 heteroatoms. The third kappa shape index (κ3) is 2.80. The molecule has 2 aromatic rings. The lowest BCUT2D eigenvalue weighted by Gasteiger charge is -2.08. The first-order chi connectivity index (χ1) is 9.40. The van der Waals surface area contributed by atoms with Gasteiger partial charge in [0.25, 0.3) is 10.8 Å². The standard InChI is InChI=1S/C15H15ClN2O2/c1-9(2)10-4-6-11(7-5-10)13-8-12(14(16)19)15(20)18(3)17-13/h4-9H,1-3H3. The van der Waals surface area contributed by atoms with Gasteiger partial charge in [0, 0.05) is 12.6 Å². The minimum absolute atomic E-state index is 0.0629. The molecule has 1 aromatic carbocycles. The Kier molecular flexibility index (Phi) is 4.04. The molecular weight excluding hydrogens is 276 g/mol. The number of hydrogen-bond acceptors (Lipinski definition) is 3. The summed E-state index contributed by atoms with van der Waals surface area (Å²) in [6, 6.07) is 9.29. The third-order valence-corrected chi connectivity index (χ3v) is 3.35. The Bertz CT molecular complexity index is 703. The molecule has 1 heterocycles. The van der Waals surface area contributed by atoms with Crippen LogP contribution >= 0.6 is 11.6 Å². The molecule has 0 aliphatic carbocycles. The number of aromatic nitrogens is 2. The average molecular weight is 291 g/mol. The van der Waals surface area contributed by atoms with Crippen molar-refractivity contribution in [2.24, 2.45) is 7.05 Å². The Balaban J connectivity index is 2.53. The van der Waals surface area contributed by atoms with Gasteiger partial charge < -0.3 is 0 Å². The number of aryl methyl sites for hydroxylation is 1. The van der Waals surface area contributed by atoms with E-state index >= 15 is 0 Å². The van der Waals surface area contributed by atoms with Gasteiger partial charge in [0.1, 0.15) is 5.56 Å². The van der Waals surface area contributed by atoms with E-state index in [1.54, 1.807) is 0 Å². The van der Waals surface area contributed by atoms with Crippen LogP contribution in [0, 0.1) is 0 Å². The summed E-state index contributed by atoms with van der Waals surface area (Å²) >= 11 is 5.43. The fraction of sp³-hybridized carbons (Fsp3) is 0.267. The van der Waals surface area contributed by atoms with E-state index in [0.29, 0.717) is 11.6 Å². The molecular formula is C15H15ClN2O2. The molecule has 0 radical (unpaired) electrons. The topological polar surface area (TPSA) is 52.0 Å². The van der Waals surface area contributed by atoms with Crippen molar-refractivity contribution in [3.63, 3.8) is 0 Å². The fourth-order valence-electron chi connectivity index (χ4n) is 1.93. The number of nitrogens with zero attached hydrogens (tertiary/aromatic N) is 2. The maximum atomic E-state index is 11.7. The first-order valence-electron chi connectivity index (χ1n) is 6.28. The lowest BCUT2D eigenvalue weighted by atomic mass is 10.0. The summed E-state index contributed by atoms with van der Waals surface area (Å²) in [6.45, 7) is 4.23. The summed E-state index contributed by atoms with van der Waals surface area (Å²) in [6.07, 6.45) is 0. The molecule has 0 aliphatic rings. The van der Waals surface area contributed by atoms with Crippen LogP contribution in [-0.4, -0.2) is 15.0 Å². The van der Waals surface area contributed by atoms with Gasteiger partial charge in [-0.1, -0.05) is 38.1 Å². The van der Waals surface area contributed by atoms with Crippen LogP contribution in [-0.2, 0) is 7.05 Å². The summed E-state index contributed by atoms with van der Waals surface area (Å²) in [7, 11) is 1.50. The number of benzene rings is 1.